The summed E-state index contributed by atoms with van der Waals surface area (Å²) >= 11 is 0. The van der Waals surface area contributed by atoms with E-state index in [1.54, 1.807) is 7.05 Å². The topological polar surface area (TPSA) is 83.3 Å². The summed E-state index contributed by atoms with van der Waals surface area (Å²) in [7, 11) is 1.74. The molecule has 1 heterocycles. The van der Waals surface area contributed by atoms with Crippen molar-refractivity contribution in [1.82, 2.24) is 25.7 Å². The molecule has 0 radical (unpaired) electrons. The Morgan fingerprint density at radius 1 is 1.17 bits per heavy atom. The van der Waals surface area contributed by atoms with Gasteiger partial charge in [0.2, 0.25) is 5.91 Å². The van der Waals surface area contributed by atoms with E-state index in [1.165, 1.54) is 5.69 Å². The standard InChI is InChI=1S/C17H32N6O/c1-13-12-14(2)23(22-13)11-7-8-20-16(18-6)21-10-9-19-15(24)17(3,4)5/h12H,7-11H2,1-6H3,(H,19,24)(H2,18,20,21). The maximum absolute atomic E-state index is 11.8. The number of aryl methyl sites for hydroxylation is 3. The van der Waals surface area contributed by atoms with Gasteiger partial charge in [0, 0.05) is 44.3 Å². The predicted molar refractivity (Wildman–Crippen MR) is 98.1 cm³/mol. The van der Waals surface area contributed by atoms with Gasteiger partial charge in [-0.3, -0.25) is 14.5 Å². The van der Waals surface area contributed by atoms with Crippen molar-refractivity contribution in [3.63, 3.8) is 0 Å². The fraction of sp³-hybridized carbons (Fsp3) is 0.706. The first kappa shape index (κ1) is 20.0. The molecule has 0 aliphatic rings. The number of carbonyl (C=O) groups excluding carboxylic acids is 1. The summed E-state index contributed by atoms with van der Waals surface area (Å²) < 4.78 is 2.02. The quantitative estimate of drug-likeness (QED) is 0.397. The van der Waals surface area contributed by atoms with E-state index >= 15 is 0 Å². The lowest BCUT2D eigenvalue weighted by molar-refractivity contribution is -0.128. The zero-order valence-electron chi connectivity index (χ0n) is 15.9. The van der Waals surface area contributed by atoms with Gasteiger partial charge in [0.1, 0.15) is 0 Å². The van der Waals surface area contributed by atoms with Gasteiger partial charge in [0.25, 0.3) is 0 Å². The van der Waals surface area contributed by atoms with Crippen LogP contribution in [0.3, 0.4) is 0 Å². The van der Waals surface area contributed by atoms with Crippen LogP contribution in [0.2, 0.25) is 0 Å². The molecule has 0 aliphatic carbocycles. The molecule has 0 aromatic carbocycles. The van der Waals surface area contributed by atoms with E-state index in [4.69, 9.17) is 0 Å². The van der Waals surface area contributed by atoms with Crippen LogP contribution >= 0.6 is 0 Å². The fourth-order valence-corrected chi connectivity index (χ4v) is 2.18. The zero-order valence-corrected chi connectivity index (χ0v) is 15.9. The minimum atomic E-state index is -0.358. The smallest absolute Gasteiger partial charge is 0.225 e. The molecule has 0 unspecified atom stereocenters. The lowest BCUT2D eigenvalue weighted by Crippen LogP contribution is -2.43. The first-order valence-electron chi connectivity index (χ1n) is 8.48. The second-order valence-corrected chi connectivity index (χ2v) is 6.94. The van der Waals surface area contributed by atoms with Gasteiger partial charge in [-0.1, -0.05) is 20.8 Å². The first-order valence-corrected chi connectivity index (χ1v) is 8.48. The van der Waals surface area contributed by atoms with E-state index in [9.17, 15) is 4.79 Å². The predicted octanol–water partition coefficient (Wildman–Crippen LogP) is 1.22. The van der Waals surface area contributed by atoms with Gasteiger partial charge in [0.05, 0.1) is 5.69 Å². The number of nitrogens with one attached hydrogen (secondary N) is 3. The molecular formula is C17H32N6O. The fourth-order valence-electron chi connectivity index (χ4n) is 2.18. The molecule has 1 amide bonds. The summed E-state index contributed by atoms with van der Waals surface area (Å²) in [5, 5.41) is 13.8. The highest BCUT2D eigenvalue weighted by Crippen LogP contribution is 2.11. The van der Waals surface area contributed by atoms with E-state index in [-0.39, 0.29) is 11.3 Å². The Morgan fingerprint density at radius 3 is 2.33 bits per heavy atom. The zero-order chi connectivity index (χ0) is 18.2. The maximum atomic E-state index is 11.8. The number of aliphatic imine (C=N–C) groups is 1. The van der Waals surface area contributed by atoms with Crippen molar-refractivity contribution in [2.45, 2.75) is 47.6 Å². The average molecular weight is 336 g/mol. The van der Waals surface area contributed by atoms with Gasteiger partial charge in [-0.25, -0.2) is 0 Å². The molecular weight excluding hydrogens is 304 g/mol. The Hall–Kier alpha value is -2.05. The van der Waals surface area contributed by atoms with Crippen LogP contribution in [0.25, 0.3) is 0 Å². The summed E-state index contributed by atoms with van der Waals surface area (Å²) in [6, 6.07) is 2.08. The summed E-state index contributed by atoms with van der Waals surface area (Å²) in [6.07, 6.45) is 0.962. The monoisotopic (exact) mass is 336 g/mol. The number of rotatable bonds is 7. The number of hydrogen-bond donors (Lipinski definition) is 3. The third kappa shape index (κ3) is 7.02. The third-order valence-corrected chi connectivity index (χ3v) is 3.55. The van der Waals surface area contributed by atoms with Crippen molar-refractivity contribution in [2.24, 2.45) is 10.4 Å². The first-order chi connectivity index (χ1) is 11.2. The Labute approximate surface area is 145 Å². The molecule has 0 fully saturated rings. The molecule has 7 heteroatoms. The second kappa shape index (κ2) is 9.30. The van der Waals surface area contributed by atoms with Crippen molar-refractivity contribution >= 4 is 11.9 Å². The van der Waals surface area contributed by atoms with Gasteiger partial charge >= 0.3 is 0 Å². The lowest BCUT2D eigenvalue weighted by atomic mass is 9.96. The van der Waals surface area contributed by atoms with E-state index in [0.29, 0.717) is 13.1 Å². The normalized spacial score (nSPS) is 12.2. The summed E-state index contributed by atoms with van der Waals surface area (Å²) in [6.45, 7) is 12.7. The molecule has 0 aliphatic heterocycles. The number of amides is 1. The van der Waals surface area contributed by atoms with Crippen molar-refractivity contribution in [1.29, 1.82) is 0 Å². The van der Waals surface area contributed by atoms with Crippen LogP contribution in [-0.2, 0) is 11.3 Å². The minimum Gasteiger partial charge on any atom is -0.356 e. The molecule has 0 atom stereocenters. The molecule has 1 rings (SSSR count). The van der Waals surface area contributed by atoms with Crippen molar-refractivity contribution in [3.05, 3.63) is 17.5 Å². The van der Waals surface area contributed by atoms with Crippen molar-refractivity contribution in [3.8, 4) is 0 Å². The SMILES string of the molecule is CN=C(NCCCn1nc(C)cc1C)NCCNC(=O)C(C)(C)C. The highest BCUT2D eigenvalue weighted by molar-refractivity contribution is 5.81. The molecule has 0 bridgehead atoms. The van der Waals surface area contributed by atoms with Crippen LogP contribution in [0.15, 0.2) is 11.1 Å². The lowest BCUT2D eigenvalue weighted by Gasteiger charge is -2.18. The van der Waals surface area contributed by atoms with Crippen molar-refractivity contribution < 1.29 is 4.79 Å². The average Bonchev–Trinajstić information content (AvgIpc) is 2.82. The minimum absolute atomic E-state index is 0.0529. The molecule has 0 saturated heterocycles. The van der Waals surface area contributed by atoms with Crippen LogP contribution in [0, 0.1) is 19.3 Å². The number of guanidine groups is 1. The van der Waals surface area contributed by atoms with Crippen LogP contribution in [-0.4, -0.2) is 48.3 Å². The van der Waals surface area contributed by atoms with Gasteiger partial charge < -0.3 is 16.0 Å². The Morgan fingerprint density at radius 2 is 1.79 bits per heavy atom. The molecule has 3 N–H and O–H groups in total. The molecule has 1 aromatic heterocycles. The largest absolute Gasteiger partial charge is 0.356 e. The third-order valence-electron chi connectivity index (χ3n) is 3.55. The van der Waals surface area contributed by atoms with E-state index in [1.807, 2.05) is 32.4 Å². The van der Waals surface area contributed by atoms with Gasteiger partial charge in [-0.2, -0.15) is 5.10 Å². The molecule has 7 nitrogen and oxygen atoms in total. The number of carbonyl (C=O) groups is 1. The van der Waals surface area contributed by atoms with Crippen LogP contribution < -0.4 is 16.0 Å². The number of nitrogens with zero attached hydrogens (tertiary/aromatic N) is 3. The highest BCUT2D eigenvalue weighted by Gasteiger charge is 2.20. The Bertz CT molecular complexity index is 556. The van der Waals surface area contributed by atoms with Gasteiger partial charge in [0.15, 0.2) is 5.96 Å². The molecule has 24 heavy (non-hydrogen) atoms. The molecule has 0 saturated carbocycles. The van der Waals surface area contributed by atoms with Crippen molar-refractivity contribution in [2.75, 3.05) is 26.7 Å². The number of aromatic nitrogens is 2. The second-order valence-electron chi connectivity index (χ2n) is 6.94. The maximum Gasteiger partial charge on any atom is 0.225 e. The molecule has 0 spiro atoms. The van der Waals surface area contributed by atoms with E-state index in [2.05, 4.69) is 39.0 Å². The molecule has 136 valence electrons. The summed E-state index contributed by atoms with van der Waals surface area (Å²) in [5.74, 6) is 0.797. The van der Waals surface area contributed by atoms with E-state index < -0.39 is 0 Å². The van der Waals surface area contributed by atoms with Gasteiger partial charge in [-0.15, -0.1) is 0 Å². The Balaban J connectivity index is 2.19. The van der Waals surface area contributed by atoms with Crippen LogP contribution in [0.5, 0.6) is 0 Å². The van der Waals surface area contributed by atoms with Gasteiger partial charge in [-0.05, 0) is 26.3 Å². The van der Waals surface area contributed by atoms with E-state index in [0.717, 1.165) is 31.2 Å². The van der Waals surface area contributed by atoms with Crippen LogP contribution in [0.1, 0.15) is 38.6 Å². The number of hydrogen-bond acceptors (Lipinski definition) is 3. The Kier molecular flexibility index (Phi) is 7.74. The summed E-state index contributed by atoms with van der Waals surface area (Å²) in [5.41, 5.74) is 1.88. The molecule has 1 aromatic rings. The highest BCUT2D eigenvalue weighted by atomic mass is 16.2. The van der Waals surface area contributed by atoms with Crippen LogP contribution in [0.4, 0.5) is 0 Å². The summed E-state index contributed by atoms with van der Waals surface area (Å²) in [4.78, 5) is 15.9.